The van der Waals surface area contributed by atoms with Gasteiger partial charge in [0.15, 0.2) is 0 Å². The average molecular weight is 327 g/mol. The first kappa shape index (κ1) is 14.9. The second kappa shape index (κ2) is 6.42. The standard InChI is InChI=1S/C15H11N3S2.C2H6/c1-9-6-11-12(4-5-16-15(11)20-9)18-10-2-3-14-13(7-10)17-8-19-14;1-2/h2-8H,1H3,(H,16,18);1-2H3. The lowest BCUT2D eigenvalue weighted by atomic mass is 10.2. The third kappa shape index (κ3) is 2.82. The Labute approximate surface area is 137 Å². The van der Waals surface area contributed by atoms with Gasteiger partial charge < -0.3 is 5.32 Å². The molecule has 0 spiro atoms. The fraction of sp³-hybridized carbons (Fsp3) is 0.176. The van der Waals surface area contributed by atoms with Crippen LogP contribution in [-0.4, -0.2) is 9.97 Å². The van der Waals surface area contributed by atoms with Crippen LogP contribution in [0.1, 0.15) is 18.7 Å². The van der Waals surface area contributed by atoms with Crippen LogP contribution in [0, 0.1) is 6.92 Å². The van der Waals surface area contributed by atoms with E-state index in [1.54, 1.807) is 22.7 Å². The third-order valence-electron chi connectivity index (χ3n) is 3.17. The molecular weight excluding hydrogens is 310 g/mol. The van der Waals surface area contributed by atoms with Gasteiger partial charge >= 0.3 is 0 Å². The van der Waals surface area contributed by atoms with Gasteiger partial charge in [0.05, 0.1) is 21.4 Å². The Bertz CT molecular complexity index is 908. The molecule has 1 N–H and O–H groups in total. The molecule has 0 fully saturated rings. The number of aryl methyl sites for hydroxylation is 1. The van der Waals surface area contributed by atoms with Crippen LogP contribution in [0.2, 0.25) is 0 Å². The largest absolute Gasteiger partial charge is 0.355 e. The van der Waals surface area contributed by atoms with E-state index in [1.165, 1.54) is 15.0 Å². The average Bonchev–Trinajstić information content (AvgIpc) is 3.14. The SMILES string of the molecule is CC.Cc1cc2c(Nc3ccc4scnc4c3)ccnc2s1. The Morgan fingerprint density at radius 2 is 1.91 bits per heavy atom. The molecule has 4 rings (SSSR count). The molecule has 0 aliphatic heterocycles. The number of thiazole rings is 1. The Kier molecular flexibility index (Phi) is 4.36. The molecule has 22 heavy (non-hydrogen) atoms. The number of pyridine rings is 1. The van der Waals surface area contributed by atoms with Gasteiger partial charge in [-0.25, -0.2) is 9.97 Å². The summed E-state index contributed by atoms with van der Waals surface area (Å²) in [5.74, 6) is 0. The van der Waals surface area contributed by atoms with Crippen molar-refractivity contribution >= 4 is 54.5 Å². The van der Waals surface area contributed by atoms with Crippen LogP contribution in [0.25, 0.3) is 20.4 Å². The van der Waals surface area contributed by atoms with Crippen LogP contribution in [0.3, 0.4) is 0 Å². The van der Waals surface area contributed by atoms with Gasteiger partial charge in [-0.2, -0.15) is 0 Å². The van der Waals surface area contributed by atoms with Gasteiger partial charge in [-0.15, -0.1) is 22.7 Å². The van der Waals surface area contributed by atoms with Crippen molar-refractivity contribution in [1.82, 2.24) is 9.97 Å². The summed E-state index contributed by atoms with van der Waals surface area (Å²) in [5.41, 5.74) is 5.06. The molecule has 3 aromatic heterocycles. The van der Waals surface area contributed by atoms with Crippen LogP contribution in [0.5, 0.6) is 0 Å². The molecule has 0 bridgehead atoms. The van der Waals surface area contributed by atoms with Gasteiger partial charge in [0.25, 0.3) is 0 Å². The number of fused-ring (bicyclic) bond motifs is 2. The minimum Gasteiger partial charge on any atom is -0.355 e. The number of anilines is 2. The number of nitrogens with zero attached hydrogens (tertiary/aromatic N) is 2. The summed E-state index contributed by atoms with van der Waals surface area (Å²) in [6, 6.07) is 10.5. The Morgan fingerprint density at radius 3 is 2.77 bits per heavy atom. The lowest BCUT2D eigenvalue weighted by Crippen LogP contribution is -1.91. The van der Waals surface area contributed by atoms with Crippen molar-refractivity contribution in [3.8, 4) is 0 Å². The van der Waals surface area contributed by atoms with E-state index < -0.39 is 0 Å². The smallest absolute Gasteiger partial charge is 0.125 e. The molecule has 1 aromatic carbocycles. The molecule has 0 aliphatic carbocycles. The zero-order chi connectivity index (χ0) is 15.5. The molecule has 3 nitrogen and oxygen atoms in total. The monoisotopic (exact) mass is 327 g/mol. The normalized spacial score (nSPS) is 10.5. The number of aromatic nitrogens is 2. The quantitative estimate of drug-likeness (QED) is 0.492. The van der Waals surface area contributed by atoms with E-state index in [0.717, 1.165) is 21.7 Å². The maximum Gasteiger partial charge on any atom is 0.125 e. The van der Waals surface area contributed by atoms with E-state index in [2.05, 4.69) is 46.5 Å². The molecule has 0 amide bonds. The highest BCUT2D eigenvalue weighted by molar-refractivity contribution is 7.18. The zero-order valence-corrected chi connectivity index (χ0v) is 14.4. The van der Waals surface area contributed by atoms with Crippen LogP contribution in [0.15, 0.2) is 42.0 Å². The molecule has 112 valence electrons. The lowest BCUT2D eigenvalue weighted by Gasteiger charge is -2.07. The fourth-order valence-corrected chi connectivity index (χ4v) is 3.79. The van der Waals surface area contributed by atoms with Crippen molar-refractivity contribution < 1.29 is 0 Å². The number of hydrogen-bond donors (Lipinski definition) is 1. The Hall–Kier alpha value is -1.98. The van der Waals surface area contributed by atoms with Crippen LogP contribution in [-0.2, 0) is 0 Å². The third-order valence-corrected chi connectivity index (χ3v) is 4.94. The van der Waals surface area contributed by atoms with Gasteiger partial charge in [-0.1, -0.05) is 13.8 Å². The molecule has 0 saturated carbocycles. The predicted octanol–water partition coefficient (Wildman–Crippen LogP) is 5.98. The molecule has 0 saturated heterocycles. The predicted molar refractivity (Wildman–Crippen MR) is 98.6 cm³/mol. The minimum atomic E-state index is 1.03. The second-order valence-electron chi connectivity index (χ2n) is 4.59. The number of nitrogens with one attached hydrogen (secondary N) is 1. The maximum atomic E-state index is 4.41. The highest BCUT2D eigenvalue weighted by Crippen LogP contribution is 2.31. The van der Waals surface area contributed by atoms with E-state index >= 15 is 0 Å². The second-order valence-corrected chi connectivity index (χ2v) is 6.72. The Morgan fingerprint density at radius 1 is 1.05 bits per heavy atom. The highest BCUT2D eigenvalue weighted by Gasteiger charge is 2.06. The van der Waals surface area contributed by atoms with Crippen LogP contribution >= 0.6 is 22.7 Å². The summed E-state index contributed by atoms with van der Waals surface area (Å²) in [6.45, 7) is 6.11. The number of thiophene rings is 1. The van der Waals surface area contributed by atoms with Crippen molar-refractivity contribution in [2.24, 2.45) is 0 Å². The summed E-state index contributed by atoms with van der Waals surface area (Å²) in [4.78, 5) is 11.1. The summed E-state index contributed by atoms with van der Waals surface area (Å²) in [6.07, 6.45) is 1.85. The first-order chi connectivity index (χ1) is 10.8. The molecule has 0 unspecified atom stereocenters. The molecule has 0 atom stereocenters. The topological polar surface area (TPSA) is 37.8 Å². The first-order valence-electron chi connectivity index (χ1n) is 7.25. The van der Waals surface area contributed by atoms with Crippen molar-refractivity contribution in [3.05, 3.63) is 46.9 Å². The summed E-state index contributed by atoms with van der Waals surface area (Å²) in [7, 11) is 0. The van der Waals surface area contributed by atoms with Gasteiger partial charge in [0, 0.05) is 22.1 Å². The first-order valence-corrected chi connectivity index (χ1v) is 8.95. The maximum absolute atomic E-state index is 4.41. The van der Waals surface area contributed by atoms with Gasteiger partial charge in [-0.3, -0.25) is 0 Å². The van der Waals surface area contributed by atoms with Crippen LogP contribution < -0.4 is 5.32 Å². The van der Waals surface area contributed by atoms with Gasteiger partial charge in [0.1, 0.15) is 4.83 Å². The van der Waals surface area contributed by atoms with Crippen molar-refractivity contribution in [1.29, 1.82) is 0 Å². The van der Waals surface area contributed by atoms with E-state index in [9.17, 15) is 0 Å². The summed E-state index contributed by atoms with van der Waals surface area (Å²) >= 11 is 3.38. The lowest BCUT2D eigenvalue weighted by molar-refractivity contribution is 1.43. The van der Waals surface area contributed by atoms with E-state index in [-0.39, 0.29) is 0 Å². The zero-order valence-electron chi connectivity index (χ0n) is 12.8. The van der Waals surface area contributed by atoms with Gasteiger partial charge in [-0.05, 0) is 37.3 Å². The van der Waals surface area contributed by atoms with E-state index in [0.29, 0.717) is 0 Å². The summed E-state index contributed by atoms with van der Waals surface area (Å²) in [5, 5.41) is 4.65. The van der Waals surface area contributed by atoms with E-state index in [1.807, 2.05) is 31.6 Å². The molecule has 0 radical (unpaired) electrons. The molecule has 0 aliphatic rings. The van der Waals surface area contributed by atoms with Gasteiger partial charge in [0.2, 0.25) is 0 Å². The number of rotatable bonds is 2. The fourth-order valence-electron chi connectivity index (χ4n) is 2.26. The minimum absolute atomic E-state index is 1.03. The van der Waals surface area contributed by atoms with E-state index in [4.69, 9.17) is 0 Å². The number of hydrogen-bond acceptors (Lipinski definition) is 5. The highest BCUT2D eigenvalue weighted by atomic mass is 32.1. The number of benzene rings is 1. The van der Waals surface area contributed by atoms with Crippen molar-refractivity contribution in [3.63, 3.8) is 0 Å². The molecule has 3 heterocycles. The summed E-state index contributed by atoms with van der Waals surface area (Å²) < 4.78 is 1.21. The van der Waals surface area contributed by atoms with Crippen molar-refractivity contribution in [2.45, 2.75) is 20.8 Å². The molecule has 4 aromatic rings. The Balaban J connectivity index is 0.000000693. The molecular formula is C17H17N3S2. The van der Waals surface area contributed by atoms with Crippen molar-refractivity contribution in [2.75, 3.05) is 5.32 Å². The molecule has 5 heteroatoms. The van der Waals surface area contributed by atoms with Crippen LogP contribution in [0.4, 0.5) is 11.4 Å².